The predicted octanol–water partition coefficient (Wildman–Crippen LogP) is 1.48. The Morgan fingerprint density at radius 1 is 1.50 bits per heavy atom. The van der Waals surface area contributed by atoms with E-state index in [-0.39, 0.29) is 5.91 Å². The summed E-state index contributed by atoms with van der Waals surface area (Å²) in [4.78, 5) is 11.6. The maximum absolute atomic E-state index is 11.6. The molecule has 0 aliphatic heterocycles. The summed E-state index contributed by atoms with van der Waals surface area (Å²) in [5, 5.41) is 9.73. The summed E-state index contributed by atoms with van der Waals surface area (Å²) in [5.74, 6) is 0.676. The van der Waals surface area contributed by atoms with E-state index >= 15 is 0 Å². The number of nitrogens with one attached hydrogen (secondary N) is 2. The van der Waals surface area contributed by atoms with Crippen molar-refractivity contribution in [1.82, 2.24) is 10.5 Å². The Balaban J connectivity index is 2.51. The van der Waals surface area contributed by atoms with Gasteiger partial charge in [-0.05, 0) is 33.4 Å². The quantitative estimate of drug-likeness (QED) is 0.720. The van der Waals surface area contributed by atoms with Gasteiger partial charge in [-0.15, -0.1) is 0 Å². The van der Waals surface area contributed by atoms with Gasteiger partial charge in [0.15, 0.2) is 5.76 Å². The van der Waals surface area contributed by atoms with Crippen LogP contribution >= 0.6 is 0 Å². The standard InChI is InChI=1S/C11H19N3O2/c1-4-9-11(8(2)16-14-9)13-10(15)6-5-7-12-3/h12H,4-7H2,1-3H3,(H,13,15). The summed E-state index contributed by atoms with van der Waals surface area (Å²) < 4.78 is 5.04. The number of aromatic nitrogens is 1. The molecule has 0 aromatic carbocycles. The predicted molar refractivity (Wildman–Crippen MR) is 62.4 cm³/mol. The van der Waals surface area contributed by atoms with Crippen LogP contribution in [0.5, 0.6) is 0 Å². The monoisotopic (exact) mass is 225 g/mol. The lowest BCUT2D eigenvalue weighted by atomic mass is 10.2. The highest BCUT2D eigenvalue weighted by molar-refractivity contribution is 5.91. The Labute approximate surface area is 95.6 Å². The molecule has 1 heterocycles. The Bertz CT molecular complexity index is 347. The van der Waals surface area contributed by atoms with E-state index in [2.05, 4.69) is 15.8 Å². The van der Waals surface area contributed by atoms with E-state index in [4.69, 9.17) is 4.52 Å². The fourth-order valence-electron chi connectivity index (χ4n) is 1.45. The molecule has 16 heavy (non-hydrogen) atoms. The van der Waals surface area contributed by atoms with Gasteiger partial charge in [0.25, 0.3) is 0 Å². The summed E-state index contributed by atoms with van der Waals surface area (Å²) >= 11 is 0. The Kier molecular flexibility index (Phi) is 4.98. The minimum Gasteiger partial charge on any atom is -0.359 e. The summed E-state index contributed by atoms with van der Waals surface area (Å²) in [6, 6.07) is 0. The molecule has 0 aliphatic carbocycles. The third-order valence-corrected chi connectivity index (χ3v) is 2.36. The van der Waals surface area contributed by atoms with Gasteiger partial charge in [0.05, 0.1) is 0 Å². The van der Waals surface area contributed by atoms with Crippen molar-refractivity contribution in [1.29, 1.82) is 0 Å². The first-order chi connectivity index (χ1) is 7.69. The number of rotatable bonds is 6. The van der Waals surface area contributed by atoms with Crippen LogP contribution < -0.4 is 10.6 Å². The topological polar surface area (TPSA) is 67.2 Å². The molecule has 0 spiro atoms. The maximum atomic E-state index is 11.6. The van der Waals surface area contributed by atoms with E-state index in [0.29, 0.717) is 12.2 Å². The molecule has 1 amide bonds. The van der Waals surface area contributed by atoms with Crippen molar-refractivity contribution in [3.63, 3.8) is 0 Å². The number of hydrogen-bond donors (Lipinski definition) is 2. The first kappa shape index (κ1) is 12.7. The lowest BCUT2D eigenvalue weighted by Crippen LogP contribution is -2.16. The van der Waals surface area contributed by atoms with Crippen LogP contribution in [0.25, 0.3) is 0 Å². The van der Waals surface area contributed by atoms with Gasteiger partial charge in [-0.3, -0.25) is 4.79 Å². The third-order valence-electron chi connectivity index (χ3n) is 2.36. The van der Waals surface area contributed by atoms with Crippen molar-refractivity contribution in [2.45, 2.75) is 33.1 Å². The molecule has 0 unspecified atom stereocenters. The molecular formula is C11H19N3O2. The lowest BCUT2D eigenvalue weighted by molar-refractivity contribution is -0.116. The second kappa shape index (κ2) is 6.27. The molecule has 0 bridgehead atoms. The Hall–Kier alpha value is -1.36. The van der Waals surface area contributed by atoms with Crippen molar-refractivity contribution in [2.24, 2.45) is 0 Å². The number of hydrogen-bond acceptors (Lipinski definition) is 4. The van der Waals surface area contributed by atoms with E-state index in [1.807, 2.05) is 14.0 Å². The average Bonchev–Trinajstić information content (AvgIpc) is 2.61. The first-order valence-corrected chi connectivity index (χ1v) is 5.58. The molecule has 90 valence electrons. The summed E-state index contributed by atoms with van der Waals surface area (Å²) in [7, 11) is 1.87. The molecule has 1 rings (SSSR count). The number of anilines is 1. The van der Waals surface area contributed by atoms with Crippen molar-refractivity contribution < 1.29 is 9.32 Å². The fraction of sp³-hybridized carbons (Fsp3) is 0.636. The molecule has 0 aliphatic rings. The van der Waals surface area contributed by atoms with Gasteiger partial charge in [0, 0.05) is 6.42 Å². The minimum absolute atomic E-state index is 0.0104. The first-order valence-electron chi connectivity index (χ1n) is 5.58. The molecule has 0 saturated carbocycles. The lowest BCUT2D eigenvalue weighted by Gasteiger charge is -2.04. The van der Waals surface area contributed by atoms with Gasteiger partial charge >= 0.3 is 0 Å². The second-order valence-electron chi connectivity index (χ2n) is 3.67. The zero-order valence-corrected chi connectivity index (χ0v) is 10.1. The minimum atomic E-state index is 0.0104. The van der Waals surface area contributed by atoms with E-state index in [1.54, 1.807) is 6.92 Å². The highest BCUT2D eigenvalue weighted by Gasteiger charge is 2.13. The van der Waals surface area contributed by atoms with Crippen LogP contribution in [0.1, 0.15) is 31.2 Å². The Morgan fingerprint density at radius 3 is 2.88 bits per heavy atom. The van der Waals surface area contributed by atoms with Crippen LogP contribution in [0.3, 0.4) is 0 Å². The van der Waals surface area contributed by atoms with E-state index in [0.717, 1.165) is 30.8 Å². The fourth-order valence-corrected chi connectivity index (χ4v) is 1.45. The number of nitrogens with zero attached hydrogens (tertiary/aromatic N) is 1. The number of aryl methyl sites for hydroxylation is 2. The molecule has 5 heteroatoms. The molecule has 0 saturated heterocycles. The van der Waals surface area contributed by atoms with Crippen molar-refractivity contribution in [3.05, 3.63) is 11.5 Å². The van der Waals surface area contributed by atoms with Crippen LogP contribution in [0.4, 0.5) is 5.69 Å². The SMILES string of the molecule is CCc1noc(C)c1NC(=O)CCCNC. The van der Waals surface area contributed by atoms with Crippen LogP contribution in [0.2, 0.25) is 0 Å². The van der Waals surface area contributed by atoms with Crippen molar-refractivity contribution in [2.75, 3.05) is 18.9 Å². The molecule has 0 radical (unpaired) electrons. The van der Waals surface area contributed by atoms with E-state index < -0.39 is 0 Å². The van der Waals surface area contributed by atoms with Gasteiger partial charge in [-0.2, -0.15) is 0 Å². The van der Waals surface area contributed by atoms with Gasteiger partial charge in [0.1, 0.15) is 11.4 Å². The number of carbonyl (C=O) groups is 1. The number of amides is 1. The highest BCUT2D eigenvalue weighted by atomic mass is 16.5. The van der Waals surface area contributed by atoms with Crippen LogP contribution in [-0.2, 0) is 11.2 Å². The third kappa shape index (κ3) is 3.34. The summed E-state index contributed by atoms with van der Waals surface area (Å²) in [5.41, 5.74) is 1.54. The van der Waals surface area contributed by atoms with Crippen LogP contribution in [0.15, 0.2) is 4.52 Å². The smallest absolute Gasteiger partial charge is 0.224 e. The van der Waals surface area contributed by atoms with E-state index in [9.17, 15) is 4.79 Å². The van der Waals surface area contributed by atoms with Crippen LogP contribution in [0, 0.1) is 6.92 Å². The molecule has 5 nitrogen and oxygen atoms in total. The van der Waals surface area contributed by atoms with Gasteiger partial charge in [-0.1, -0.05) is 12.1 Å². The normalized spacial score (nSPS) is 10.4. The van der Waals surface area contributed by atoms with Crippen molar-refractivity contribution in [3.8, 4) is 0 Å². The second-order valence-corrected chi connectivity index (χ2v) is 3.67. The zero-order valence-electron chi connectivity index (χ0n) is 10.1. The highest BCUT2D eigenvalue weighted by Crippen LogP contribution is 2.20. The van der Waals surface area contributed by atoms with Gasteiger partial charge < -0.3 is 15.2 Å². The number of carbonyl (C=O) groups excluding carboxylic acids is 1. The molecule has 1 aromatic rings. The van der Waals surface area contributed by atoms with Crippen molar-refractivity contribution >= 4 is 11.6 Å². The molecule has 1 aromatic heterocycles. The molecule has 0 atom stereocenters. The Morgan fingerprint density at radius 2 is 2.25 bits per heavy atom. The average molecular weight is 225 g/mol. The van der Waals surface area contributed by atoms with E-state index in [1.165, 1.54) is 0 Å². The largest absolute Gasteiger partial charge is 0.359 e. The molecule has 2 N–H and O–H groups in total. The summed E-state index contributed by atoms with van der Waals surface area (Å²) in [6.45, 7) is 4.62. The maximum Gasteiger partial charge on any atom is 0.224 e. The summed E-state index contributed by atoms with van der Waals surface area (Å²) in [6.07, 6.45) is 2.09. The van der Waals surface area contributed by atoms with Crippen LogP contribution in [-0.4, -0.2) is 24.7 Å². The van der Waals surface area contributed by atoms with Gasteiger partial charge in [0.2, 0.25) is 5.91 Å². The molecule has 0 fully saturated rings. The van der Waals surface area contributed by atoms with Gasteiger partial charge in [-0.25, -0.2) is 0 Å². The molecular weight excluding hydrogens is 206 g/mol. The zero-order chi connectivity index (χ0) is 12.0.